The van der Waals surface area contributed by atoms with Crippen molar-refractivity contribution in [2.24, 2.45) is 5.73 Å². The van der Waals surface area contributed by atoms with Crippen molar-refractivity contribution in [1.29, 1.82) is 0 Å². The van der Waals surface area contributed by atoms with E-state index in [-0.39, 0.29) is 12.2 Å². The molecule has 24 heavy (non-hydrogen) atoms. The van der Waals surface area contributed by atoms with Gasteiger partial charge in [0.2, 0.25) is 0 Å². The van der Waals surface area contributed by atoms with Gasteiger partial charge in [-0.15, -0.1) is 0 Å². The van der Waals surface area contributed by atoms with Gasteiger partial charge < -0.3 is 15.4 Å². The first kappa shape index (κ1) is 16.2. The fourth-order valence-corrected chi connectivity index (χ4v) is 3.07. The Kier molecular flexibility index (Phi) is 4.36. The number of nitrogens with two attached hydrogens (primary N) is 1. The Hall–Kier alpha value is -2.66. The average Bonchev–Trinajstić information content (AvgIpc) is 2.82. The van der Waals surface area contributed by atoms with Crippen LogP contribution in [0.1, 0.15) is 16.8 Å². The van der Waals surface area contributed by atoms with E-state index in [1.165, 1.54) is 6.07 Å². The summed E-state index contributed by atoms with van der Waals surface area (Å²) in [7, 11) is 0. The third-order valence-corrected chi connectivity index (χ3v) is 4.39. The molecular formula is C19H19FN2O2. The molecule has 0 aliphatic rings. The van der Waals surface area contributed by atoms with Gasteiger partial charge >= 0.3 is 5.97 Å². The normalized spacial score (nSPS) is 12.5. The van der Waals surface area contributed by atoms with E-state index in [2.05, 4.69) is 0 Å². The summed E-state index contributed by atoms with van der Waals surface area (Å²) in [4.78, 5) is 11.1. The summed E-state index contributed by atoms with van der Waals surface area (Å²) in [6.07, 6.45) is 0.242. The molecule has 4 nitrogen and oxygen atoms in total. The van der Waals surface area contributed by atoms with Crippen LogP contribution >= 0.6 is 0 Å². The van der Waals surface area contributed by atoms with Crippen LogP contribution in [0.3, 0.4) is 0 Å². The smallest absolute Gasteiger partial charge is 0.320 e. The van der Waals surface area contributed by atoms with Gasteiger partial charge in [0.15, 0.2) is 0 Å². The minimum absolute atomic E-state index is 0.242. The number of halogens is 1. The van der Waals surface area contributed by atoms with Gasteiger partial charge in [-0.2, -0.15) is 0 Å². The SMILES string of the molecule is Cc1c(CC(N)C(=O)O)c2ccccc2n1Cc1ccccc1F. The Morgan fingerprint density at radius 3 is 2.58 bits per heavy atom. The Balaban J connectivity index is 2.10. The van der Waals surface area contributed by atoms with Gasteiger partial charge in [-0.05, 0) is 24.6 Å². The highest BCUT2D eigenvalue weighted by Gasteiger charge is 2.20. The van der Waals surface area contributed by atoms with Crippen LogP contribution in [-0.4, -0.2) is 21.7 Å². The maximum absolute atomic E-state index is 14.0. The Morgan fingerprint density at radius 1 is 1.21 bits per heavy atom. The molecule has 0 radical (unpaired) electrons. The minimum Gasteiger partial charge on any atom is -0.480 e. The van der Waals surface area contributed by atoms with Crippen LogP contribution in [0.25, 0.3) is 10.9 Å². The molecule has 3 aromatic rings. The van der Waals surface area contributed by atoms with E-state index in [4.69, 9.17) is 10.8 Å². The van der Waals surface area contributed by atoms with E-state index >= 15 is 0 Å². The van der Waals surface area contributed by atoms with Crippen molar-refractivity contribution in [3.63, 3.8) is 0 Å². The summed E-state index contributed by atoms with van der Waals surface area (Å²) in [5, 5.41) is 10.1. The second-order valence-electron chi connectivity index (χ2n) is 5.91. The second-order valence-corrected chi connectivity index (χ2v) is 5.91. The van der Waals surface area contributed by atoms with Gasteiger partial charge in [0, 0.05) is 28.6 Å². The van der Waals surface area contributed by atoms with E-state index in [0.717, 1.165) is 22.2 Å². The number of rotatable bonds is 5. The first-order chi connectivity index (χ1) is 11.5. The van der Waals surface area contributed by atoms with Crippen LogP contribution in [0, 0.1) is 12.7 Å². The van der Waals surface area contributed by atoms with Gasteiger partial charge in [-0.1, -0.05) is 36.4 Å². The van der Waals surface area contributed by atoms with Crippen molar-refractivity contribution in [2.75, 3.05) is 0 Å². The molecule has 1 unspecified atom stereocenters. The van der Waals surface area contributed by atoms with Crippen molar-refractivity contribution in [3.8, 4) is 0 Å². The van der Waals surface area contributed by atoms with E-state index < -0.39 is 12.0 Å². The van der Waals surface area contributed by atoms with Crippen LogP contribution in [0.2, 0.25) is 0 Å². The zero-order chi connectivity index (χ0) is 17.3. The molecule has 124 valence electrons. The first-order valence-corrected chi connectivity index (χ1v) is 7.77. The van der Waals surface area contributed by atoms with E-state index in [1.54, 1.807) is 18.2 Å². The van der Waals surface area contributed by atoms with Gasteiger partial charge in [0.25, 0.3) is 0 Å². The third-order valence-electron chi connectivity index (χ3n) is 4.39. The Morgan fingerprint density at radius 2 is 1.88 bits per heavy atom. The Labute approximate surface area is 139 Å². The standard InChI is InChI=1S/C19H19FN2O2/c1-12-15(10-17(21)19(23)24)14-7-3-5-9-18(14)22(12)11-13-6-2-4-8-16(13)20/h2-9,17H,10-11,21H2,1H3,(H,23,24). The zero-order valence-electron chi connectivity index (χ0n) is 13.4. The molecule has 0 fully saturated rings. The maximum Gasteiger partial charge on any atom is 0.320 e. The molecular weight excluding hydrogens is 307 g/mol. The highest BCUT2D eigenvalue weighted by atomic mass is 19.1. The van der Waals surface area contributed by atoms with Crippen molar-refractivity contribution in [2.45, 2.75) is 25.9 Å². The molecule has 3 N–H and O–H groups in total. The molecule has 0 saturated heterocycles. The number of carboxylic acids is 1. The molecule has 1 heterocycles. The molecule has 5 heteroatoms. The fourth-order valence-electron chi connectivity index (χ4n) is 3.07. The lowest BCUT2D eigenvalue weighted by Gasteiger charge is -2.11. The summed E-state index contributed by atoms with van der Waals surface area (Å²) in [6.45, 7) is 2.31. The third kappa shape index (κ3) is 2.90. The van der Waals surface area contributed by atoms with E-state index in [0.29, 0.717) is 12.1 Å². The Bertz CT molecular complexity index is 902. The monoisotopic (exact) mass is 326 g/mol. The van der Waals surface area contributed by atoms with Crippen molar-refractivity contribution >= 4 is 16.9 Å². The zero-order valence-corrected chi connectivity index (χ0v) is 13.4. The number of para-hydroxylation sites is 1. The molecule has 3 rings (SSSR count). The van der Waals surface area contributed by atoms with Gasteiger partial charge in [0.1, 0.15) is 11.9 Å². The van der Waals surface area contributed by atoms with Crippen molar-refractivity contribution < 1.29 is 14.3 Å². The summed E-state index contributed by atoms with van der Waals surface area (Å²) in [5.41, 5.74) is 9.08. The quantitative estimate of drug-likeness (QED) is 0.757. The predicted octanol–water partition coefficient (Wildman–Crippen LogP) is 3.09. The second kappa shape index (κ2) is 6.45. The molecule has 2 aromatic carbocycles. The number of carbonyl (C=O) groups is 1. The highest BCUT2D eigenvalue weighted by molar-refractivity contribution is 5.86. The number of hydrogen-bond donors (Lipinski definition) is 2. The van der Waals surface area contributed by atoms with E-state index in [9.17, 15) is 9.18 Å². The maximum atomic E-state index is 14.0. The largest absolute Gasteiger partial charge is 0.480 e. The molecule has 1 atom stereocenters. The molecule has 0 bridgehead atoms. The molecule has 0 amide bonds. The molecule has 0 aliphatic heterocycles. The van der Waals surface area contributed by atoms with E-state index in [1.807, 2.05) is 35.8 Å². The number of aliphatic carboxylic acids is 1. The summed E-state index contributed by atoms with van der Waals surface area (Å²) < 4.78 is 16.0. The van der Waals surface area contributed by atoms with Gasteiger partial charge in [0.05, 0.1) is 6.54 Å². The summed E-state index contributed by atoms with van der Waals surface area (Å²) in [6, 6.07) is 13.4. The molecule has 0 saturated carbocycles. The highest BCUT2D eigenvalue weighted by Crippen LogP contribution is 2.28. The lowest BCUT2D eigenvalue weighted by atomic mass is 10.0. The fraction of sp³-hybridized carbons (Fsp3) is 0.211. The van der Waals surface area contributed by atoms with Crippen LogP contribution in [-0.2, 0) is 17.8 Å². The number of aromatic nitrogens is 1. The summed E-state index contributed by atoms with van der Waals surface area (Å²) in [5.74, 6) is -1.28. The molecule has 1 aromatic heterocycles. The van der Waals surface area contributed by atoms with Crippen LogP contribution in [0.15, 0.2) is 48.5 Å². The summed E-state index contributed by atoms with van der Waals surface area (Å²) >= 11 is 0. The lowest BCUT2D eigenvalue weighted by molar-refractivity contribution is -0.138. The average molecular weight is 326 g/mol. The van der Waals surface area contributed by atoms with Crippen LogP contribution in [0.4, 0.5) is 4.39 Å². The number of fused-ring (bicyclic) bond motifs is 1. The van der Waals surface area contributed by atoms with Gasteiger partial charge in [-0.3, -0.25) is 4.79 Å². The number of benzene rings is 2. The topological polar surface area (TPSA) is 68.2 Å². The van der Waals surface area contributed by atoms with Crippen LogP contribution < -0.4 is 5.73 Å². The van der Waals surface area contributed by atoms with Crippen molar-refractivity contribution in [3.05, 3.63) is 71.2 Å². The predicted molar refractivity (Wildman–Crippen MR) is 91.5 cm³/mol. The lowest BCUT2D eigenvalue weighted by Crippen LogP contribution is -2.32. The number of carboxylic acid groups (broad SMARTS) is 1. The molecule has 0 aliphatic carbocycles. The van der Waals surface area contributed by atoms with Gasteiger partial charge in [-0.25, -0.2) is 4.39 Å². The van der Waals surface area contributed by atoms with Crippen LogP contribution in [0.5, 0.6) is 0 Å². The minimum atomic E-state index is -1.03. The van der Waals surface area contributed by atoms with Crippen molar-refractivity contribution in [1.82, 2.24) is 4.57 Å². The number of nitrogens with zero attached hydrogens (tertiary/aromatic N) is 1. The first-order valence-electron chi connectivity index (χ1n) is 7.77. The molecule has 0 spiro atoms. The number of hydrogen-bond acceptors (Lipinski definition) is 2.